The van der Waals surface area contributed by atoms with Gasteiger partial charge in [0.15, 0.2) is 0 Å². The molecule has 118 valence electrons. The first-order valence-electron chi connectivity index (χ1n) is 7.13. The summed E-state index contributed by atoms with van der Waals surface area (Å²) in [5.74, 6) is 0.380. The molecule has 0 atom stereocenters. The van der Waals surface area contributed by atoms with E-state index in [1.54, 1.807) is 19.2 Å². The van der Waals surface area contributed by atoms with Crippen molar-refractivity contribution in [1.82, 2.24) is 5.32 Å². The fourth-order valence-electron chi connectivity index (χ4n) is 2.61. The Morgan fingerprint density at radius 2 is 2.18 bits per heavy atom. The number of methoxy groups -OCH3 is 1. The number of amides is 1. The molecule has 0 aromatic heterocycles. The van der Waals surface area contributed by atoms with Gasteiger partial charge in [0.05, 0.1) is 19.6 Å². The summed E-state index contributed by atoms with van der Waals surface area (Å²) in [5.41, 5.74) is 0.838. The van der Waals surface area contributed by atoms with Crippen molar-refractivity contribution in [2.24, 2.45) is 0 Å². The Hall–Kier alpha value is -1.77. The Morgan fingerprint density at radius 1 is 1.50 bits per heavy atom. The molecule has 2 rings (SSSR count). The van der Waals surface area contributed by atoms with Crippen LogP contribution in [0.15, 0.2) is 12.1 Å². The highest BCUT2D eigenvalue weighted by Gasteiger charge is 2.34. The van der Waals surface area contributed by atoms with Gasteiger partial charge in [-0.1, -0.05) is 11.6 Å². The molecule has 1 fully saturated rings. The lowest BCUT2D eigenvalue weighted by molar-refractivity contribution is -0.122. The third-order valence-electron chi connectivity index (χ3n) is 3.89. The summed E-state index contributed by atoms with van der Waals surface area (Å²) in [4.78, 5) is 12.4. The predicted molar refractivity (Wildman–Crippen MR) is 83.0 cm³/mol. The number of ether oxygens (including phenoxy) is 2. The first-order valence-corrected chi connectivity index (χ1v) is 7.50. The highest BCUT2D eigenvalue weighted by atomic mass is 35.5. The maximum atomic E-state index is 12.4. The second-order valence-electron chi connectivity index (χ2n) is 5.43. The number of nitriles is 1. The van der Waals surface area contributed by atoms with Crippen LogP contribution in [0, 0.1) is 18.3 Å². The van der Waals surface area contributed by atoms with E-state index in [4.69, 9.17) is 21.1 Å². The van der Waals surface area contributed by atoms with Crippen LogP contribution in [0.4, 0.5) is 0 Å². The summed E-state index contributed by atoms with van der Waals surface area (Å²) < 4.78 is 10.6. The van der Waals surface area contributed by atoms with Gasteiger partial charge in [0.1, 0.15) is 11.3 Å². The molecule has 1 heterocycles. The summed E-state index contributed by atoms with van der Waals surface area (Å²) in [6, 6.07) is 5.70. The zero-order valence-electron chi connectivity index (χ0n) is 12.7. The Kier molecular flexibility index (Phi) is 5.28. The second kappa shape index (κ2) is 6.99. The van der Waals surface area contributed by atoms with Gasteiger partial charge in [0, 0.05) is 36.6 Å². The third kappa shape index (κ3) is 3.70. The number of halogens is 1. The highest BCUT2D eigenvalue weighted by Crippen LogP contribution is 2.28. The smallest absolute Gasteiger partial charge is 0.225 e. The average Bonchev–Trinajstić information content (AvgIpc) is 2.50. The number of nitrogens with one attached hydrogen (secondary N) is 1. The summed E-state index contributed by atoms with van der Waals surface area (Å²) in [7, 11) is 1.54. The maximum Gasteiger partial charge on any atom is 0.225 e. The molecule has 1 N–H and O–H groups in total. The zero-order chi connectivity index (χ0) is 16.2. The average molecular weight is 323 g/mol. The Bertz CT molecular complexity index is 604. The van der Waals surface area contributed by atoms with Gasteiger partial charge in [0.25, 0.3) is 0 Å². The summed E-state index contributed by atoms with van der Waals surface area (Å²) >= 11 is 6.00. The molecular weight excluding hydrogens is 304 g/mol. The number of carbonyl (C=O) groups is 1. The molecule has 1 saturated heterocycles. The number of aryl methyl sites for hydroxylation is 1. The molecule has 0 spiro atoms. The number of hydrogen-bond acceptors (Lipinski definition) is 4. The van der Waals surface area contributed by atoms with Crippen molar-refractivity contribution in [3.8, 4) is 11.8 Å². The van der Waals surface area contributed by atoms with Crippen LogP contribution in [0.25, 0.3) is 0 Å². The van der Waals surface area contributed by atoms with Crippen LogP contribution in [0.3, 0.4) is 0 Å². The third-order valence-corrected chi connectivity index (χ3v) is 4.11. The quantitative estimate of drug-likeness (QED) is 0.924. The second-order valence-corrected chi connectivity index (χ2v) is 5.87. The summed E-state index contributed by atoms with van der Waals surface area (Å²) in [5, 5.41) is 12.8. The van der Waals surface area contributed by atoms with E-state index in [2.05, 4.69) is 11.4 Å². The largest absolute Gasteiger partial charge is 0.496 e. The molecule has 1 aromatic rings. The molecule has 1 amide bonds. The van der Waals surface area contributed by atoms with E-state index in [0.29, 0.717) is 36.8 Å². The normalized spacial score (nSPS) is 16.6. The molecule has 1 aliphatic rings. The van der Waals surface area contributed by atoms with Crippen molar-refractivity contribution in [1.29, 1.82) is 5.26 Å². The SMILES string of the molecule is COc1cc(Cl)cc(C)c1CC(=O)NC1(C#N)CCOCC1. The Labute approximate surface area is 135 Å². The van der Waals surface area contributed by atoms with E-state index in [1.165, 1.54) is 0 Å². The topological polar surface area (TPSA) is 71.3 Å². The summed E-state index contributed by atoms with van der Waals surface area (Å²) in [6.07, 6.45) is 1.16. The van der Waals surface area contributed by atoms with Crippen LogP contribution in [0.5, 0.6) is 5.75 Å². The predicted octanol–water partition coefficient (Wildman–Crippen LogP) is 2.39. The van der Waals surface area contributed by atoms with E-state index < -0.39 is 5.54 Å². The van der Waals surface area contributed by atoms with Crippen LogP contribution in [0.2, 0.25) is 5.02 Å². The first kappa shape index (κ1) is 16.6. The molecular formula is C16H19ClN2O3. The molecule has 6 heteroatoms. The van der Waals surface area contributed by atoms with Crippen molar-refractivity contribution in [3.63, 3.8) is 0 Å². The zero-order valence-corrected chi connectivity index (χ0v) is 13.5. The number of hydrogen-bond donors (Lipinski definition) is 1. The van der Waals surface area contributed by atoms with Crippen molar-refractivity contribution in [2.45, 2.75) is 31.7 Å². The Balaban J connectivity index is 2.14. The van der Waals surface area contributed by atoms with Crippen molar-refractivity contribution < 1.29 is 14.3 Å². The number of nitrogens with zero attached hydrogens (tertiary/aromatic N) is 1. The van der Waals surface area contributed by atoms with Crippen LogP contribution in [-0.2, 0) is 16.0 Å². The molecule has 0 bridgehead atoms. The van der Waals surface area contributed by atoms with Crippen molar-refractivity contribution >= 4 is 17.5 Å². The number of benzene rings is 1. The lowest BCUT2D eigenvalue weighted by Crippen LogP contribution is -2.51. The number of rotatable bonds is 4. The molecule has 0 saturated carbocycles. The van der Waals surface area contributed by atoms with Gasteiger partial charge >= 0.3 is 0 Å². The molecule has 1 aliphatic heterocycles. The lowest BCUT2D eigenvalue weighted by Gasteiger charge is -2.31. The number of carbonyl (C=O) groups excluding carboxylic acids is 1. The van der Waals surface area contributed by atoms with Gasteiger partial charge in [-0.25, -0.2) is 0 Å². The van der Waals surface area contributed by atoms with Gasteiger partial charge in [-0.2, -0.15) is 5.26 Å². The molecule has 1 aromatic carbocycles. The maximum absolute atomic E-state index is 12.4. The standard InChI is InChI=1S/C16H19ClN2O3/c1-11-7-12(17)8-14(21-2)13(11)9-15(20)19-16(10-18)3-5-22-6-4-16/h7-8H,3-6,9H2,1-2H3,(H,19,20). The van der Waals surface area contributed by atoms with E-state index in [0.717, 1.165) is 11.1 Å². The highest BCUT2D eigenvalue weighted by molar-refractivity contribution is 6.30. The first-order chi connectivity index (χ1) is 10.5. The van der Waals surface area contributed by atoms with Crippen LogP contribution >= 0.6 is 11.6 Å². The van der Waals surface area contributed by atoms with Gasteiger partial charge < -0.3 is 14.8 Å². The van der Waals surface area contributed by atoms with E-state index in [-0.39, 0.29) is 12.3 Å². The van der Waals surface area contributed by atoms with Crippen LogP contribution < -0.4 is 10.1 Å². The molecule has 0 aliphatic carbocycles. The van der Waals surface area contributed by atoms with Gasteiger partial charge in [-0.15, -0.1) is 0 Å². The minimum absolute atomic E-state index is 0.149. The van der Waals surface area contributed by atoms with Crippen LogP contribution in [-0.4, -0.2) is 31.8 Å². The monoisotopic (exact) mass is 322 g/mol. The molecule has 0 radical (unpaired) electrons. The molecule has 0 unspecified atom stereocenters. The minimum Gasteiger partial charge on any atom is -0.496 e. The van der Waals surface area contributed by atoms with Gasteiger partial charge in [0.2, 0.25) is 5.91 Å². The fraction of sp³-hybridized carbons (Fsp3) is 0.500. The minimum atomic E-state index is -0.830. The van der Waals surface area contributed by atoms with E-state index >= 15 is 0 Å². The van der Waals surface area contributed by atoms with Gasteiger partial charge in [-0.05, 0) is 24.6 Å². The molecule has 5 nitrogen and oxygen atoms in total. The van der Waals surface area contributed by atoms with E-state index in [1.807, 2.05) is 6.92 Å². The van der Waals surface area contributed by atoms with Gasteiger partial charge in [-0.3, -0.25) is 4.79 Å². The Morgan fingerprint density at radius 3 is 2.77 bits per heavy atom. The van der Waals surface area contributed by atoms with Crippen LogP contribution in [0.1, 0.15) is 24.0 Å². The summed E-state index contributed by atoms with van der Waals surface area (Å²) in [6.45, 7) is 2.85. The van der Waals surface area contributed by atoms with Crippen molar-refractivity contribution in [2.75, 3.05) is 20.3 Å². The van der Waals surface area contributed by atoms with E-state index in [9.17, 15) is 10.1 Å². The van der Waals surface area contributed by atoms with Crippen molar-refractivity contribution in [3.05, 3.63) is 28.3 Å². The molecule has 22 heavy (non-hydrogen) atoms. The lowest BCUT2D eigenvalue weighted by atomic mass is 9.91. The fourth-order valence-corrected chi connectivity index (χ4v) is 2.87.